The van der Waals surface area contributed by atoms with E-state index in [9.17, 15) is 19.7 Å². The van der Waals surface area contributed by atoms with Crippen molar-refractivity contribution in [2.24, 2.45) is 22.9 Å². The second-order valence-electron chi connectivity index (χ2n) is 7.55. The Morgan fingerprint density at radius 3 is 2.24 bits per heavy atom. The lowest BCUT2D eigenvalue weighted by Crippen LogP contribution is -2.78. The highest BCUT2D eigenvalue weighted by atomic mass is 16.6. The standard InChI is InChI=1S/C18H18N4O7/c1-27-17(23)20-14-10-7-11(15(14)21(20)18(24)28-2)16-12(10)13(19-29-16)8-3-5-9(6-4-8)22(25)26/h3-6,10-12,14-16H,7H2,1-2H3/t10-,11-,12?,14-,15+,16?/m0/s1. The average Bonchev–Trinajstić information content (AvgIpc) is 3.37. The van der Waals surface area contributed by atoms with E-state index in [0.717, 1.165) is 17.7 Å². The van der Waals surface area contributed by atoms with Crippen LogP contribution < -0.4 is 0 Å². The third-order valence-electron chi connectivity index (χ3n) is 6.49. The number of rotatable bonds is 2. The zero-order valence-electron chi connectivity index (χ0n) is 15.6. The minimum atomic E-state index is -0.617. The lowest BCUT2D eigenvalue weighted by Gasteiger charge is -2.57. The van der Waals surface area contributed by atoms with Crippen LogP contribution in [0.2, 0.25) is 0 Å². The van der Waals surface area contributed by atoms with Crippen LogP contribution in [0.25, 0.3) is 0 Å². The van der Waals surface area contributed by atoms with Crippen molar-refractivity contribution in [1.29, 1.82) is 0 Å². The summed E-state index contributed by atoms with van der Waals surface area (Å²) in [5.41, 5.74) is 1.47. The number of nitrogens with zero attached hydrogens (tertiary/aromatic N) is 4. The number of hydrogen-bond acceptors (Lipinski definition) is 8. The first-order valence-corrected chi connectivity index (χ1v) is 9.20. The van der Waals surface area contributed by atoms with Gasteiger partial charge in [-0.15, -0.1) is 0 Å². The molecule has 0 aromatic heterocycles. The Bertz CT molecular complexity index is 933. The number of methoxy groups -OCH3 is 2. The normalized spacial score (nSPS) is 33.2. The van der Waals surface area contributed by atoms with Gasteiger partial charge in [-0.1, -0.05) is 5.16 Å². The molecule has 2 heterocycles. The molecular formula is C18H18N4O7. The summed E-state index contributed by atoms with van der Waals surface area (Å²) in [5, 5.41) is 17.8. The van der Waals surface area contributed by atoms with Gasteiger partial charge in [-0.2, -0.15) is 0 Å². The van der Waals surface area contributed by atoms with Crippen LogP contribution >= 0.6 is 0 Å². The van der Waals surface area contributed by atoms with Crippen LogP contribution in [0.4, 0.5) is 15.3 Å². The Hall–Kier alpha value is -3.37. The number of nitro groups is 1. The van der Waals surface area contributed by atoms with E-state index in [1.165, 1.54) is 36.4 Å². The number of fused-ring (bicyclic) bond motifs is 8. The highest BCUT2D eigenvalue weighted by molar-refractivity contribution is 6.04. The molecule has 2 aliphatic carbocycles. The minimum absolute atomic E-state index is 0.00222. The van der Waals surface area contributed by atoms with E-state index >= 15 is 0 Å². The van der Waals surface area contributed by atoms with Gasteiger partial charge in [0.05, 0.1) is 42.9 Å². The average molecular weight is 402 g/mol. The highest BCUT2D eigenvalue weighted by Gasteiger charge is 2.73. The van der Waals surface area contributed by atoms with Gasteiger partial charge in [0.15, 0.2) is 0 Å². The monoisotopic (exact) mass is 402 g/mol. The summed E-state index contributed by atoms with van der Waals surface area (Å²) < 4.78 is 9.71. The molecule has 0 spiro atoms. The molecule has 2 amide bonds. The van der Waals surface area contributed by atoms with Crippen molar-refractivity contribution in [3.63, 3.8) is 0 Å². The number of ether oxygens (including phenoxy) is 2. The molecule has 6 atom stereocenters. The van der Waals surface area contributed by atoms with E-state index in [0.29, 0.717) is 0 Å². The van der Waals surface area contributed by atoms with Gasteiger partial charge >= 0.3 is 12.2 Å². The number of carbonyl (C=O) groups excluding carboxylic acids is 2. The summed E-state index contributed by atoms with van der Waals surface area (Å²) >= 11 is 0. The number of amides is 2. The van der Waals surface area contributed by atoms with Gasteiger partial charge < -0.3 is 14.3 Å². The third-order valence-corrected chi connectivity index (χ3v) is 6.49. The molecule has 0 N–H and O–H groups in total. The van der Waals surface area contributed by atoms with E-state index in [-0.39, 0.29) is 41.6 Å². The predicted octanol–water partition coefficient (Wildman–Crippen LogP) is 1.77. The van der Waals surface area contributed by atoms with E-state index in [1.807, 2.05) is 0 Å². The largest absolute Gasteiger partial charge is 0.452 e. The molecular weight excluding hydrogens is 384 g/mol. The number of nitro benzene ring substituents is 1. The number of benzene rings is 1. The Morgan fingerprint density at radius 2 is 1.69 bits per heavy atom. The Labute approximate surface area is 164 Å². The molecule has 4 aliphatic rings. The molecule has 11 nitrogen and oxygen atoms in total. The van der Waals surface area contributed by atoms with Crippen molar-refractivity contribution in [1.82, 2.24) is 10.0 Å². The number of non-ortho nitro benzene ring substituents is 1. The van der Waals surface area contributed by atoms with Crippen molar-refractivity contribution in [2.75, 3.05) is 14.2 Å². The fraction of sp³-hybridized carbons (Fsp3) is 0.500. The molecule has 11 heteroatoms. The Balaban J connectivity index is 1.44. The molecule has 1 saturated heterocycles. The quantitative estimate of drug-likeness (QED) is 0.545. The second-order valence-corrected chi connectivity index (χ2v) is 7.55. The van der Waals surface area contributed by atoms with E-state index < -0.39 is 17.1 Å². The molecule has 0 radical (unpaired) electrons. The summed E-state index contributed by atoms with van der Waals surface area (Å²) in [6.45, 7) is 0. The summed E-state index contributed by atoms with van der Waals surface area (Å²) in [7, 11) is 2.53. The van der Waals surface area contributed by atoms with Crippen molar-refractivity contribution < 1.29 is 28.8 Å². The van der Waals surface area contributed by atoms with Crippen LogP contribution in [0.15, 0.2) is 29.4 Å². The lowest BCUT2D eigenvalue weighted by atomic mass is 9.74. The molecule has 2 saturated carbocycles. The number of oxime groups is 1. The van der Waals surface area contributed by atoms with Crippen LogP contribution in [-0.2, 0) is 14.3 Å². The van der Waals surface area contributed by atoms with E-state index in [2.05, 4.69) is 5.16 Å². The van der Waals surface area contributed by atoms with Gasteiger partial charge in [0.2, 0.25) is 0 Å². The molecule has 5 rings (SSSR count). The maximum Gasteiger partial charge on any atom is 0.429 e. The van der Waals surface area contributed by atoms with Gasteiger partial charge in [-0.3, -0.25) is 10.1 Å². The Morgan fingerprint density at radius 1 is 1.10 bits per heavy atom. The van der Waals surface area contributed by atoms with Crippen LogP contribution in [0.5, 0.6) is 0 Å². The number of hydrogen-bond donors (Lipinski definition) is 0. The fourth-order valence-corrected chi connectivity index (χ4v) is 5.45. The Kier molecular flexibility index (Phi) is 3.70. The maximum atomic E-state index is 12.3. The molecule has 1 aromatic carbocycles. The second kappa shape index (κ2) is 6.06. The predicted molar refractivity (Wildman–Crippen MR) is 95.7 cm³/mol. The van der Waals surface area contributed by atoms with Gasteiger partial charge in [-0.25, -0.2) is 19.6 Å². The third kappa shape index (κ3) is 2.21. The van der Waals surface area contributed by atoms with Crippen LogP contribution in [0.3, 0.4) is 0 Å². The van der Waals surface area contributed by atoms with Crippen LogP contribution in [0, 0.1) is 27.9 Å². The maximum absolute atomic E-state index is 12.3. The topological polar surface area (TPSA) is 124 Å². The zero-order chi connectivity index (χ0) is 20.4. The number of hydrazine groups is 1. The first-order valence-electron chi connectivity index (χ1n) is 9.20. The minimum Gasteiger partial charge on any atom is -0.452 e. The molecule has 152 valence electrons. The molecule has 2 unspecified atom stereocenters. The van der Waals surface area contributed by atoms with Crippen molar-refractivity contribution in [3.8, 4) is 0 Å². The first kappa shape index (κ1) is 17.7. The van der Waals surface area contributed by atoms with Gasteiger partial charge in [0.1, 0.15) is 6.10 Å². The summed E-state index contributed by atoms with van der Waals surface area (Å²) in [6.07, 6.45) is -0.667. The summed E-state index contributed by atoms with van der Waals surface area (Å²) in [5.74, 6) is -0.0181. The molecule has 2 aliphatic heterocycles. The molecule has 29 heavy (non-hydrogen) atoms. The molecule has 3 fully saturated rings. The number of carbonyl (C=O) groups is 2. The highest BCUT2D eigenvalue weighted by Crippen LogP contribution is 2.60. The van der Waals surface area contributed by atoms with E-state index in [1.54, 1.807) is 12.1 Å². The van der Waals surface area contributed by atoms with Crippen LogP contribution in [-0.4, -0.2) is 65.2 Å². The van der Waals surface area contributed by atoms with Crippen molar-refractivity contribution >= 4 is 23.6 Å². The van der Waals surface area contributed by atoms with Crippen molar-refractivity contribution in [3.05, 3.63) is 39.9 Å². The van der Waals surface area contributed by atoms with Gasteiger partial charge in [0, 0.05) is 23.6 Å². The summed E-state index contributed by atoms with van der Waals surface area (Å²) in [4.78, 5) is 40.7. The zero-order valence-corrected chi connectivity index (χ0v) is 15.6. The first-order chi connectivity index (χ1) is 14.0. The van der Waals surface area contributed by atoms with Gasteiger partial charge in [-0.05, 0) is 24.5 Å². The lowest BCUT2D eigenvalue weighted by molar-refractivity contribution is -0.384. The van der Waals surface area contributed by atoms with Gasteiger partial charge in [0.25, 0.3) is 5.69 Å². The SMILES string of the molecule is COC(=O)N1[C@@H]2[C@@H]([C@@H]3C[C@H]2C2C(c4ccc([N+](=O)[O-])cc4)=NOC23)N1C(=O)OC. The van der Waals surface area contributed by atoms with Crippen LogP contribution in [0.1, 0.15) is 12.0 Å². The smallest absolute Gasteiger partial charge is 0.429 e. The summed E-state index contributed by atoms with van der Waals surface area (Å²) in [6, 6.07) is 5.77. The molecule has 1 aromatic rings. The molecule has 2 bridgehead atoms. The van der Waals surface area contributed by atoms with Crippen molar-refractivity contribution in [2.45, 2.75) is 24.6 Å². The fourth-order valence-electron chi connectivity index (χ4n) is 5.45. The van der Waals surface area contributed by atoms with E-state index in [4.69, 9.17) is 14.3 Å².